The third-order valence-electron chi connectivity index (χ3n) is 5.54. The average molecular weight is 437 g/mol. The number of nitrogens with one attached hydrogen (secondary N) is 1. The summed E-state index contributed by atoms with van der Waals surface area (Å²) in [6.45, 7) is 13.1. The van der Waals surface area contributed by atoms with Gasteiger partial charge in [-0.3, -0.25) is 19.5 Å². The predicted molar refractivity (Wildman–Crippen MR) is 126 cm³/mol. The molecule has 2 heterocycles. The molecule has 1 aromatic heterocycles. The lowest BCUT2D eigenvalue weighted by molar-refractivity contribution is 0.102. The number of pyridine rings is 1. The summed E-state index contributed by atoms with van der Waals surface area (Å²) in [4.78, 5) is 33.2. The van der Waals surface area contributed by atoms with E-state index < -0.39 is 5.82 Å². The Labute approximate surface area is 190 Å². The number of benzene rings is 1. The number of hydrogen-bond acceptors (Lipinski definition) is 4. The number of piperazine rings is 1. The third-order valence-corrected chi connectivity index (χ3v) is 5.54. The van der Waals surface area contributed by atoms with Crippen LogP contribution in [0.1, 0.15) is 48.0 Å². The minimum absolute atomic E-state index is 0.0645. The van der Waals surface area contributed by atoms with Crippen LogP contribution in [0.4, 0.5) is 14.9 Å². The lowest BCUT2D eigenvalue weighted by atomic mass is 9.54. The van der Waals surface area contributed by atoms with Gasteiger partial charge in [-0.2, -0.15) is 0 Å². The highest BCUT2D eigenvalue weighted by Crippen LogP contribution is 2.25. The second-order valence-corrected chi connectivity index (χ2v) is 9.49. The molecule has 1 aliphatic heterocycles. The minimum Gasteiger partial charge on any atom is -0.349 e. The lowest BCUT2D eigenvalue weighted by Gasteiger charge is -2.36. The summed E-state index contributed by atoms with van der Waals surface area (Å²) in [7, 11) is 1.76. The van der Waals surface area contributed by atoms with Crippen LogP contribution >= 0.6 is 0 Å². The standard InChI is InChI=1S/C24H31BFN4O2/c1-16-6-7-18(14-27-16)22(31)28-21-13-20(26)12-19(17(21)2)15-29-8-10-30(11-9-29)23(32)25-24(3,4)5/h6-7,12-14H,8-11,15H2,1-5H3,(H,28,31). The molecule has 3 rings (SSSR count). The Morgan fingerprint density at radius 1 is 1.12 bits per heavy atom. The number of halogens is 1. The van der Waals surface area contributed by atoms with Crippen molar-refractivity contribution in [2.45, 2.75) is 46.5 Å². The second-order valence-electron chi connectivity index (χ2n) is 9.49. The smallest absolute Gasteiger partial charge is 0.257 e. The molecule has 1 radical (unpaired) electrons. The van der Waals surface area contributed by atoms with E-state index in [2.05, 4.69) is 15.2 Å². The number of carbonyl (C=O) groups excluding carboxylic acids is 2. The molecule has 1 aromatic carbocycles. The average Bonchev–Trinajstić information content (AvgIpc) is 2.71. The fourth-order valence-electron chi connectivity index (χ4n) is 3.66. The summed E-state index contributed by atoms with van der Waals surface area (Å²) < 4.78 is 14.4. The van der Waals surface area contributed by atoms with Gasteiger partial charge in [0.1, 0.15) is 5.82 Å². The van der Waals surface area contributed by atoms with E-state index in [0.717, 1.165) is 29.9 Å². The van der Waals surface area contributed by atoms with Gasteiger partial charge in [0, 0.05) is 50.3 Å². The maximum atomic E-state index is 14.4. The van der Waals surface area contributed by atoms with Crippen LogP contribution in [0.25, 0.3) is 0 Å². The molecule has 1 fully saturated rings. The van der Waals surface area contributed by atoms with Gasteiger partial charge in [-0.05, 0) is 49.2 Å². The zero-order chi connectivity index (χ0) is 23.5. The molecule has 0 atom stereocenters. The van der Waals surface area contributed by atoms with E-state index in [1.165, 1.54) is 18.3 Å². The van der Waals surface area contributed by atoms with E-state index in [1.54, 1.807) is 19.4 Å². The maximum absolute atomic E-state index is 14.4. The Balaban J connectivity index is 1.64. The molecule has 32 heavy (non-hydrogen) atoms. The van der Waals surface area contributed by atoms with Crippen molar-refractivity contribution < 1.29 is 14.0 Å². The number of carbonyl (C=O) groups is 2. The van der Waals surface area contributed by atoms with E-state index in [9.17, 15) is 14.0 Å². The molecular weight excluding hydrogens is 406 g/mol. The molecule has 2 amide bonds. The summed E-state index contributed by atoms with van der Waals surface area (Å²) in [6.07, 6.45) is 1.51. The first-order chi connectivity index (χ1) is 15.0. The van der Waals surface area contributed by atoms with Gasteiger partial charge in [-0.25, -0.2) is 4.39 Å². The summed E-state index contributed by atoms with van der Waals surface area (Å²) in [5.74, 6) is -0.648. The molecule has 169 valence electrons. The molecular formula is C24H31BFN4O2. The highest BCUT2D eigenvalue weighted by Gasteiger charge is 2.26. The van der Waals surface area contributed by atoms with E-state index in [1.807, 2.05) is 39.5 Å². The van der Waals surface area contributed by atoms with Crippen LogP contribution in [0.5, 0.6) is 0 Å². The van der Waals surface area contributed by atoms with E-state index in [-0.39, 0.29) is 17.0 Å². The molecule has 0 unspecified atom stereocenters. The third kappa shape index (κ3) is 6.39. The van der Waals surface area contributed by atoms with Crippen molar-refractivity contribution in [2.24, 2.45) is 0 Å². The number of hydrogen-bond donors (Lipinski definition) is 1. The van der Waals surface area contributed by atoms with Crippen LogP contribution in [-0.2, 0) is 6.54 Å². The first-order valence-electron chi connectivity index (χ1n) is 10.9. The summed E-state index contributed by atoms with van der Waals surface area (Å²) in [5.41, 5.74) is 3.36. The SMILES string of the molecule is Cc1ccc(C(=O)Nc2cc(F)cc(CN3CCN(C(=O)[B]C(C)(C)C)CC3)c2C)cn1. The Kier molecular flexibility index (Phi) is 7.34. The Hall–Kier alpha value is -2.74. The van der Waals surface area contributed by atoms with Crippen molar-refractivity contribution in [1.29, 1.82) is 0 Å². The molecule has 1 aliphatic rings. The molecule has 0 aliphatic carbocycles. The largest absolute Gasteiger partial charge is 0.349 e. The number of nitrogens with zero attached hydrogens (tertiary/aromatic N) is 3. The van der Waals surface area contributed by atoms with Crippen molar-refractivity contribution in [2.75, 3.05) is 31.5 Å². The summed E-state index contributed by atoms with van der Waals surface area (Å²) in [5, 5.41) is 2.66. The Morgan fingerprint density at radius 2 is 1.81 bits per heavy atom. The number of aryl methyl sites for hydroxylation is 1. The van der Waals surface area contributed by atoms with Crippen molar-refractivity contribution in [3.05, 3.63) is 58.7 Å². The van der Waals surface area contributed by atoms with Gasteiger partial charge < -0.3 is 10.2 Å². The lowest BCUT2D eigenvalue weighted by Crippen LogP contribution is -2.50. The van der Waals surface area contributed by atoms with Gasteiger partial charge in [0.15, 0.2) is 5.81 Å². The second kappa shape index (κ2) is 9.82. The zero-order valence-electron chi connectivity index (χ0n) is 19.5. The molecule has 1 saturated heterocycles. The molecule has 1 N–H and O–H groups in total. The van der Waals surface area contributed by atoms with Gasteiger partial charge in [0.25, 0.3) is 5.91 Å². The van der Waals surface area contributed by atoms with Crippen LogP contribution in [0.15, 0.2) is 30.5 Å². The highest BCUT2D eigenvalue weighted by molar-refractivity contribution is 6.75. The van der Waals surface area contributed by atoms with Gasteiger partial charge in [-0.15, -0.1) is 0 Å². The van der Waals surface area contributed by atoms with E-state index >= 15 is 0 Å². The Morgan fingerprint density at radius 3 is 2.41 bits per heavy atom. The van der Waals surface area contributed by atoms with Crippen LogP contribution < -0.4 is 5.32 Å². The van der Waals surface area contributed by atoms with Gasteiger partial charge in [-0.1, -0.05) is 26.1 Å². The molecule has 6 nitrogen and oxygen atoms in total. The first kappa shape index (κ1) is 23.9. The van der Waals surface area contributed by atoms with Crippen LogP contribution in [-0.4, -0.2) is 60.0 Å². The molecule has 0 saturated carbocycles. The molecule has 2 aromatic rings. The fourth-order valence-corrected chi connectivity index (χ4v) is 3.66. The highest BCUT2D eigenvalue weighted by atomic mass is 19.1. The van der Waals surface area contributed by atoms with Gasteiger partial charge in [0.05, 0.1) is 5.56 Å². The fraction of sp³-hybridized carbons (Fsp3) is 0.458. The predicted octanol–water partition coefficient (Wildman–Crippen LogP) is 4.25. The number of amides is 2. The topological polar surface area (TPSA) is 65.5 Å². The van der Waals surface area contributed by atoms with Crippen molar-refractivity contribution >= 4 is 24.7 Å². The zero-order valence-corrected chi connectivity index (χ0v) is 19.5. The van der Waals surface area contributed by atoms with Crippen LogP contribution in [0.3, 0.4) is 0 Å². The normalized spacial score (nSPS) is 14.9. The van der Waals surface area contributed by atoms with Gasteiger partial charge >= 0.3 is 0 Å². The quantitative estimate of drug-likeness (QED) is 0.711. The number of anilines is 1. The summed E-state index contributed by atoms with van der Waals surface area (Å²) in [6, 6.07) is 6.33. The van der Waals surface area contributed by atoms with Crippen LogP contribution in [0.2, 0.25) is 5.31 Å². The monoisotopic (exact) mass is 437 g/mol. The molecule has 0 bridgehead atoms. The first-order valence-corrected chi connectivity index (χ1v) is 10.9. The summed E-state index contributed by atoms with van der Waals surface area (Å²) >= 11 is 0. The Bertz CT molecular complexity index is 981. The minimum atomic E-state index is -0.392. The molecule has 0 spiro atoms. The van der Waals surface area contributed by atoms with Crippen LogP contribution in [0, 0.1) is 19.7 Å². The number of aromatic nitrogens is 1. The van der Waals surface area contributed by atoms with E-state index in [0.29, 0.717) is 30.9 Å². The van der Waals surface area contributed by atoms with Gasteiger partial charge in [0.2, 0.25) is 7.28 Å². The van der Waals surface area contributed by atoms with Crippen molar-refractivity contribution in [3.8, 4) is 0 Å². The molecule has 8 heteroatoms. The van der Waals surface area contributed by atoms with Crippen molar-refractivity contribution in [1.82, 2.24) is 14.8 Å². The van der Waals surface area contributed by atoms with Crippen molar-refractivity contribution in [3.63, 3.8) is 0 Å². The maximum Gasteiger partial charge on any atom is 0.257 e. The number of rotatable bonds is 5. The van der Waals surface area contributed by atoms with E-state index in [4.69, 9.17) is 0 Å².